The number of hydrogen-bond acceptors (Lipinski definition) is 4. The zero-order chi connectivity index (χ0) is 14.5. The molecule has 0 aliphatic carbocycles. The van der Waals surface area contributed by atoms with E-state index in [1.165, 1.54) is 0 Å². The number of nitriles is 1. The van der Waals surface area contributed by atoms with Crippen LogP contribution >= 0.6 is 15.9 Å². The monoisotopic (exact) mass is 330 g/mol. The minimum absolute atomic E-state index is 0.273. The van der Waals surface area contributed by atoms with E-state index in [4.69, 9.17) is 5.26 Å². The number of rotatable bonds is 4. The zero-order valence-corrected chi connectivity index (χ0v) is 13.0. The van der Waals surface area contributed by atoms with Gasteiger partial charge in [0.25, 0.3) is 0 Å². The van der Waals surface area contributed by atoms with Crippen LogP contribution < -0.4 is 5.32 Å². The van der Waals surface area contributed by atoms with Crippen molar-refractivity contribution in [3.05, 3.63) is 51.9 Å². The fraction of sp³-hybridized carbons (Fsp3) is 0.267. The largest absolute Gasteiger partial charge is 0.366 e. The molecule has 4 nitrogen and oxygen atoms in total. The maximum Gasteiger partial charge on any atom is 0.134 e. The molecule has 0 fully saturated rings. The van der Waals surface area contributed by atoms with Crippen molar-refractivity contribution in [2.45, 2.75) is 26.3 Å². The van der Waals surface area contributed by atoms with Crippen molar-refractivity contribution in [1.29, 1.82) is 5.26 Å². The molecule has 1 heterocycles. The summed E-state index contributed by atoms with van der Waals surface area (Å²) < 4.78 is 0.768. The van der Waals surface area contributed by atoms with Crippen molar-refractivity contribution in [1.82, 2.24) is 9.97 Å². The number of hydrogen-bond donors (Lipinski definition) is 1. The highest BCUT2D eigenvalue weighted by Crippen LogP contribution is 2.18. The van der Waals surface area contributed by atoms with Crippen LogP contribution in [0.3, 0.4) is 0 Å². The van der Waals surface area contributed by atoms with Crippen LogP contribution in [-0.2, 0) is 6.54 Å². The van der Waals surface area contributed by atoms with Crippen LogP contribution in [0, 0.1) is 11.3 Å². The van der Waals surface area contributed by atoms with Gasteiger partial charge in [0.1, 0.15) is 16.2 Å². The molecule has 20 heavy (non-hydrogen) atoms. The molecule has 2 rings (SSSR count). The first-order chi connectivity index (χ1) is 9.58. The van der Waals surface area contributed by atoms with Crippen molar-refractivity contribution < 1.29 is 0 Å². The Morgan fingerprint density at radius 1 is 1.30 bits per heavy atom. The highest BCUT2D eigenvalue weighted by Gasteiger charge is 2.06. The molecule has 1 N–H and O–H groups in total. The second-order valence-corrected chi connectivity index (χ2v) is 5.57. The minimum Gasteiger partial charge on any atom is -0.366 e. The van der Waals surface area contributed by atoms with Crippen LogP contribution in [0.15, 0.2) is 34.9 Å². The lowest BCUT2D eigenvalue weighted by atomic mass is 10.1. The van der Waals surface area contributed by atoms with Crippen molar-refractivity contribution >= 4 is 21.7 Å². The van der Waals surface area contributed by atoms with Crippen LogP contribution in [0.1, 0.15) is 36.7 Å². The molecule has 0 radical (unpaired) electrons. The lowest BCUT2D eigenvalue weighted by Gasteiger charge is -2.10. The Morgan fingerprint density at radius 3 is 2.80 bits per heavy atom. The molecule has 1 aromatic carbocycles. The van der Waals surface area contributed by atoms with Crippen LogP contribution in [-0.4, -0.2) is 9.97 Å². The van der Waals surface area contributed by atoms with Crippen molar-refractivity contribution in [2.75, 3.05) is 5.32 Å². The summed E-state index contributed by atoms with van der Waals surface area (Å²) in [5, 5.41) is 12.1. The number of nitrogens with zero attached hydrogens (tertiary/aromatic N) is 3. The Kier molecular flexibility index (Phi) is 4.70. The first kappa shape index (κ1) is 14.5. The maximum atomic E-state index is 8.88. The van der Waals surface area contributed by atoms with Gasteiger partial charge in [-0.2, -0.15) is 5.26 Å². The Morgan fingerprint density at radius 2 is 2.10 bits per heavy atom. The molecule has 0 aliphatic heterocycles. The van der Waals surface area contributed by atoms with Gasteiger partial charge in [0, 0.05) is 18.5 Å². The van der Waals surface area contributed by atoms with Gasteiger partial charge in [0.2, 0.25) is 0 Å². The Labute approximate surface area is 127 Å². The van der Waals surface area contributed by atoms with E-state index >= 15 is 0 Å². The summed E-state index contributed by atoms with van der Waals surface area (Å²) in [6.07, 6.45) is 0. The molecule has 0 amide bonds. The van der Waals surface area contributed by atoms with Crippen LogP contribution in [0.25, 0.3) is 0 Å². The van der Waals surface area contributed by atoms with Gasteiger partial charge in [0.05, 0.1) is 11.6 Å². The summed E-state index contributed by atoms with van der Waals surface area (Å²) in [7, 11) is 0. The molecule has 102 valence electrons. The fourth-order valence-corrected chi connectivity index (χ4v) is 2.13. The summed E-state index contributed by atoms with van der Waals surface area (Å²) in [4.78, 5) is 8.81. The lowest BCUT2D eigenvalue weighted by Crippen LogP contribution is -2.05. The molecular weight excluding hydrogens is 316 g/mol. The predicted octanol–water partition coefficient (Wildman–Crippen LogP) is 3.85. The van der Waals surface area contributed by atoms with Crippen LogP contribution in [0.4, 0.5) is 5.82 Å². The van der Waals surface area contributed by atoms with Gasteiger partial charge in [-0.3, -0.25) is 0 Å². The van der Waals surface area contributed by atoms with E-state index in [1.54, 1.807) is 6.07 Å². The standard InChI is InChI=1S/C15H15BrN4/c1-10(2)15-19-13(16)7-14(20-15)18-9-12-5-3-4-11(6-12)8-17/h3-7,10H,9H2,1-2H3,(H,18,19,20). The van der Waals surface area contributed by atoms with Gasteiger partial charge in [-0.05, 0) is 33.6 Å². The quantitative estimate of drug-likeness (QED) is 0.865. The minimum atomic E-state index is 0.273. The molecule has 0 unspecified atom stereocenters. The second kappa shape index (κ2) is 6.49. The van der Waals surface area contributed by atoms with E-state index in [0.717, 1.165) is 21.8 Å². The first-order valence-corrected chi connectivity index (χ1v) is 7.15. The third-order valence-corrected chi connectivity index (χ3v) is 3.16. The maximum absolute atomic E-state index is 8.88. The average Bonchev–Trinajstić information content (AvgIpc) is 2.44. The number of aromatic nitrogens is 2. The summed E-state index contributed by atoms with van der Waals surface area (Å²) >= 11 is 3.40. The fourth-order valence-electron chi connectivity index (χ4n) is 1.73. The summed E-state index contributed by atoms with van der Waals surface area (Å²) in [6, 6.07) is 11.5. The van der Waals surface area contributed by atoms with Gasteiger partial charge in [-0.15, -0.1) is 0 Å². The average molecular weight is 331 g/mol. The molecule has 0 spiro atoms. The summed E-state index contributed by atoms with van der Waals surface area (Å²) in [5.74, 6) is 1.85. The SMILES string of the molecule is CC(C)c1nc(Br)cc(NCc2cccc(C#N)c2)n1. The van der Waals surface area contributed by atoms with Crippen molar-refractivity contribution in [2.24, 2.45) is 0 Å². The van der Waals surface area contributed by atoms with E-state index in [9.17, 15) is 0 Å². The Bertz CT molecular complexity index is 647. The third-order valence-electron chi connectivity index (χ3n) is 2.76. The Balaban J connectivity index is 2.12. The molecule has 5 heteroatoms. The van der Waals surface area contributed by atoms with Gasteiger partial charge in [-0.25, -0.2) is 9.97 Å². The summed E-state index contributed by atoms with van der Waals surface area (Å²) in [5.41, 5.74) is 1.71. The molecular formula is C15H15BrN4. The third kappa shape index (κ3) is 3.78. The number of nitrogens with one attached hydrogen (secondary N) is 1. The highest BCUT2D eigenvalue weighted by molar-refractivity contribution is 9.10. The van der Waals surface area contributed by atoms with E-state index in [-0.39, 0.29) is 5.92 Å². The van der Waals surface area contributed by atoms with E-state index < -0.39 is 0 Å². The molecule has 0 saturated heterocycles. The highest BCUT2D eigenvalue weighted by atomic mass is 79.9. The normalized spacial score (nSPS) is 10.3. The van der Waals surface area contributed by atoms with Crippen LogP contribution in [0.5, 0.6) is 0 Å². The molecule has 2 aromatic rings. The van der Waals surface area contributed by atoms with E-state index in [1.807, 2.05) is 24.3 Å². The van der Waals surface area contributed by atoms with Crippen LogP contribution in [0.2, 0.25) is 0 Å². The van der Waals surface area contributed by atoms with E-state index in [2.05, 4.69) is 51.1 Å². The van der Waals surface area contributed by atoms with Gasteiger partial charge >= 0.3 is 0 Å². The van der Waals surface area contributed by atoms with Crippen molar-refractivity contribution in [3.63, 3.8) is 0 Å². The van der Waals surface area contributed by atoms with E-state index in [0.29, 0.717) is 12.1 Å². The van der Waals surface area contributed by atoms with Gasteiger partial charge in [0.15, 0.2) is 0 Å². The predicted molar refractivity (Wildman–Crippen MR) is 82.3 cm³/mol. The molecule has 0 saturated carbocycles. The topological polar surface area (TPSA) is 61.6 Å². The summed E-state index contributed by atoms with van der Waals surface area (Å²) in [6.45, 7) is 4.74. The zero-order valence-electron chi connectivity index (χ0n) is 11.4. The smallest absolute Gasteiger partial charge is 0.134 e. The molecule has 0 bridgehead atoms. The first-order valence-electron chi connectivity index (χ1n) is 6.36. The molecule has 1 aromatic heterocycles. The number of anilines is 1. The second-order valence-electron chi connectivity index (χ2n) is 4.75. The molecule has 0 aliphatic rings. The number of halogens is 1. The lowest BCUT2D eigenvalue weighted by molar-refractivity contribution is 0.769. The Hall–Kier alpha value is -1.93. The van der Waals surface area contributed by atoms with Gasteiger partial charge < -0.3 is 5.32 Å². The van der Waals surface area contributed by atoms with Crippen molar-refractivity contribution in [3.8, 4) is 6.07 Å². The number of benzene rings is 1. The van der Waals surface area contributed by atoms with Gasteiger partial charge in [-0.1, -0.05) is 26.0 Å². The molecule has 0 atom stereocenters.